The van der Waals surface area contributed by atoms with E-state index in [4.69, 9.17) is 10.5 Å². The van der Waals surface area contributed by atoms with Gasteiger partial charge in [0.05, 0.1) is 19.3 Å². The summed E-state index contributed by atoms with van der Waals surface area (Å²) in [7, 11) is 0. The van der Waals surface area contributed by atoms with Gasteiger partial charge in [0.25, 0.3) is 5.91 Å². The van der Waals surface area contributed by atoms with Crippen LogP contribution in [0.3, 0.4) is 0 Å². The van der Waals surface area contributed by atoms with Crippen molar-refractivity contribution < 1.29 is 9.53 Å². The summed E-state index contributed by atoms with van der Waals surface area (Å²) in [6.07, 6.45) is 1.06. The number of hydrogen-bond donors (Lipinski definition) is 1. The number of carbonyl (C=O) groups excluding carboxylic acids is 1. The van der Waals surface area contributed by atoms with Crippen molar-refractivity contribution in [3.05, 3.63) is 34.9 Å². The maximum atomic E-state index is 12.6. The SMILES string of the molecule is CCC1CN(C(=O)c2cc(C)cc(C#CCN)c2)CCO1. The van der Waals surface area contributed by atoms with Crippen LogP contribution >= 0.6 is 0 Å². The number of amides is 1. The summed E-state index contributed by atoms with van der Waals surface area (Å²) in [5, 5.41) is 0. The highest BCUT2D eigenvalue weighted by atomic mass is 16.5. The highest BCUT2D eigenvalue weighted by molar-refractivity contribution is 5.95. The topological polar surface area (TPSA) is 55.6 Å². The largest absolute Gasteiger partial charge is 0.375 e. The molecule has 1 aromatic rings. The van der Waals surface area contributed by atoms with E-state index in [1.165, 1.54) is 0 Å². The van der Waals surface area contributed by atoms with Crippen molar-refractivity contribution in [3.8, 4) is 11.8 Å². The quantitative estimate of drug-likeness (QED) is 0.839. The molecule has 1 aromatic carbocycles. The smallest absolute Gasteiger partial charge is 0.254 e. The van der Waals surface area contributed by atoms with Gasteiger partial charge >= 0.3 is 0 Å². The zero-order valence-electron chi connectivity index (χ0n) is 12.7. The molecule has 0 aromatic heterocycles. The fourth-order valence-corrected chi connectivity index (χ4v) is 2.47. The van der Waals surface area contributed by atoms with Crippen molar-refractivity contribution in [1.82, 2.24) is 4.90 Å². The number of aryl methyl sites for hydroxylation is 1. The predicted molar refractivity (Wildman–Crippen MR) is 83.0 cm³/mol. The molecule has 21 heavy (non-hydrogen) atoms. The molecule has 1 amide bonds. The number of ether oxygens (including phenoxy) is 1. The number of nitrogens with two attached hydrogens (primary N) is 1. The van der Waals surface area contributed by atoms with Crippen LogP contribution in [0.4, 0.5) is 0 Å². The van der Waals surface area contributed by atoms with Crippen LogP contribution < -0.4 is 5.73 Å². The van der Waals surface area contributed by atoms with Gasteiger partial charge in [0.15, 0.2) is 0 Å². The Bertz CT molecular complexity index is 572. The fraction of sp³-hybridized carbons (Fsp3) is 0.471. The Morgan fingerprint density at radius 3 is 3.00 bits per heavy atom. The Hall–Kier alpha value is -1.83. The van der Waals surface area contributed by atoms with Crippen LogP contribution in [-0.4, -0.2) is 43.2 Å². The Labute approximate surface area is 126 Å². The highest BCUT2D eigenvalue weighted by Crippen LogP contribution is 2.15. The maximum Gasteiger partial charge on any atom is 0.254 e. The molecule has 1 saturated heterocycles. The lowest BCUT2D eigenvalue weighted by atomic mass is 10.0. The minimum atomic E-state index is 0.0521. The molecule has 4 nitrogen and oxygen atoms in total. The Morgan fingerprint density at radius 1 is 1.48 bits per heavy atom. The second-order valence-electron chi connectivity index (χ2n) is 5.25. The molecule has 0 aliphatic carbocycles. The van der Waals surface area contributed by atoms with Crippen molar-refractivity contribution in [1.29, 1.82) is 0 Å². The van der Waals surface area contributed by atoms with E-state index in [1.54, 1.807) is 0 Å². The highest BCUT2D eigenvalue weighted by Gasteiger charge is 2.24. The van der Waals surface area contributed by atoms with Crippen LogP contribution in [0.2, 0.25) is 0 Å². The average Bonchev–Trinajstić information content (AvgIpc) is 2.51. The summed E-state index contributed by atoms with van der Waals surface area (Å²) in [5.41, 5.74) is 7.95. The first-order valence-electron chi connectivity index (χ1n) is 7.35. The third-order valence-corrected chi connectivity index (χ3v) is 3.54. The normalized spacial score (nSPS) is 18.0. The third-order valence-electron chi connectivity index (χ3n) is 3.54. The molecule has 2 rings (SSSR count). The van der Waals surface area contributed by atoms with Crippen LogP contribution in [0.5, 0.6) is 0 Å². The van der Waals surface area contributed by atoms with Gasteiger partial charge in [0, 0.05) is 24.2 Å². The third kappa shape index (κ3) is 4.07. The van der Waals surface area contributed by atoms with Crippen LogP contribution in [0, 0.1) is 18.8 Å². The van der Waals surface area contributed by atoms with Gasteiger partial charge in [-0.05, 0) is 37.1 Å². The summed E-state index contributed by atoms with van der Waals surface area (Å²) in [6, 6.07) is 5.72. The summed E-state index contributed by atoms with van der Waals surface area (Å²) < 4.78 is 5.61. The standard InChI is InChI=1S/C17H22N2O2/c1-3-16-12-19(7-8-21-16)17(20)15-10-13(2)9-14(11-15)5-4-6-18/h9-11,16H,3,6-8,12,18H2,1-2H3. The Kier molecular flexibility index (Phi) is 5.38. The minimum Gasteiger partial charge on any atom is -0.375 e. The lowest BCUT2D eigenvalue weighted by Gasteiger charge is -2.32. The molecule has 0 saturated carbocycles. The zero-order valence-corrected chi connectivity index (χ0v) is 12.7. The monoisotopic (exact) mass is 286 g/mol. The maximum absolute atomic E-state index is 12.6. The van der Waals surface area contributed by atoms with Crippen LogP contribution in [0.25, 0.3) is 0 Å². The van der Waals surface area contributed by atoms with Gasteiger partial charge in [0.1, 0.15) is 0 Å². The molecule has 0 bridgehead atoms. The molecule has 1 atom stereocenters. The molecule has 0 spiro atoms. The Morgan fingerprint density at radius 2 is 2.29 bits per heavy atom. The number of morpholine rings is 1. The van der Waals surface area contributed by atoms with Crippen molar-refractivity contribution in [3.63, 3.8) is 0 Å². The minimum absolute atomic E-state index is 0.0521. The molecule has 4 heteroatoms. The van der Waals surface area contributed by atoms with E-state index in [0.29, 0.717) is 31.8 Å². The molecular formula is C17H22N2O2. The first-order chi connectivity index (χ1) is 10.1. The molecule has 1 heterocycles. The van der Waals surface area contributed by atoms with E-state index in [-0.39, 0.29) is 12.0 Å². The van der Waals surface area contributed by atoms with Crippen LogP contribution in [0.1, 0.15) is 34.8 Å². The summed E-state index contributed by atoms with van der Waals surface area (Å²) in [5.74, 6) is 5.87. The van der Waals surface area contributed by atoms with Crippen molar-refractivity contribution in [2.24, 2.45) is 5.73 Å². The van der Waals surface area contributed by atoms with Gasteiger partial charge in [-0.1, -0.05) is 18.8 Å². The lowest BCUT2D eigenvalue weighted by Crippen LogP contribution is -2.45. The van der Waals surface area contributed by atoms with E-state index >= 15 is 0 Å². The van der Waals surface area contributed by atoms with E-state index in [2.05, 4.69) is 18.8 Å². The number of carbonyl (C=O) groups is 1. The van der Waals surface area contributed by atoms with Crippen LogP contribution in [0.15, 0.2) is 18.2 Å². The van der Waals surface area contributed by atoms with Gasteiger partial charge < -0.3 is 15.4 Å². The number of benzene rings is 1. The van der Waals surface area contributed by atoms with Gasteiger partial charge in [-0.15, -0.1) is 0 Å². The molecular weight excluding hydrogens is 264 g/mol. The van der Waals surface area contributed by atoms with Crippen molar-refractivity contribution in [2.45, 2.75) is 26.4 Å². The number of hydrogen-bond acceptors (Lipinski definition) is 3. The average molecular weight is 286 g/mol. The molecule has 1 aliphatic rings. The summed E-state index contributed by atoms with van der Waals surface area (Å²) in [4.78, 5) is 14.5. The molecule has 1 fully saturated rings. The van der Waals surface area contributed by atoms with E-state index < -0.39 is 0 Å². The first kappa shape index (κ1) is 15.6. The van der Waals surface area contributed by atoms with Crippen molar-refractivity contribution in [2.75, 3.05) is 26.2 Å². The molecule has 1 aliphatic heterocycles. The molecule has 112 valence electrons. The molecule has 2 N–H and O–H groups in total. The second-order valence-corrected chi connectivity index (χ2v) is 5.25. The summed E-state index contributed by atoms with van der Waals surface area (Å²) in [6.45, 7) is 6.28. The zero-order chi connectivity index (χ0) is 15.2. The van der Waals surface area contributed by atoms with E-state index in [9.17, 15) is 4.79 Å². The predicted octanol–water partition coefficient (Wildman–Crippen LogP) is 1.56. The van der Waals surface area contributed by atoms with E-state index in [1.807, 2.05) is 30.0 Å². The van der Waals surface area contributed by atoms with Gasteiger partial charge in [-0.25, -0.2) is 0 Å². The first-order valence-corrected chi connectivity index (χ1v) is 7.35. The van der Waals surface area contributed by atoms with Gasteiger partial charge in [0.2, 0.25) is 0 Å². The van der Waals surface area contributed by atoms with E-state index in [0.717, 1.165) is 17.5 Å². The van der Waals surface area contributed by atoms with Crippen LogP contribution in [-0.2, 0) is 4.74 Å². The molecule has 0 radical (unpaired) electrons. The lowest BCUT2D eigenvalue weighted by molar-refractivity contribution is -0.0226. The number of nitrogens with zero attached hydrogens (tertiary/aromatic N) is 1. The molecule has 1 unspecified atom stereocenters. The fourth-order valence-electron chi connectivity index (χ4n) is 2.47. The van der Waals surface area contributed by atoms with Crippen molar-refractivity contribution >= 4 is 5.91 Å². The Balaban J connectivity index is 2.20. The number of rotatable bonds is 2. The van der Waals surface area contributed by atoms with Gasteiger partial charge in [-0.2, -0.15) is 0 Å². The second kappa shape index (κ2) is 7.26. The summed E-state index contributed by atoms with van der Waals surface area (Å²) >= 11 is 0. The van der Waals surface area contributed by atoms with Gasteiger partial charge in [-0.3, -0.25) is 4.79 Å².